The number of nitrogens with one attached hydrogen (secondary N) is 1. The molecular formula is C16H26N2O2S. The Labute approximate surface area is 130 Å². The first kappa shape index (κ1) is 17.7. The van der Waals surface area contributed by atoms with Crippen LogP contribution in [0.2, 0.25) is 0 Å². The van der Waals surface area contributed by atoms with Crippen molar-refractivity contribution in [3.05, 3.63) is 29.3 Å². The summed E-state index contributed by atoms with van der Waals surface area (Å²) in [4.78, 5) is 14.0. The molecule has 4 nitrogen and oxygen atoms in total. The van der Waals surface area contributed by atoms with Crippen LogP contribution in [0, 0.1) is 0 Å². The lowest BCUT2D eigenvalue weighted by Gasteiger charge is -2.25. The minimum Gasteiger partial charge on any atom is -0.324 e. The number of carbonyl (C=O) groups is 1. The van der Waals surface area contributed by atoms with E-state index in [0.717, 1.165) is 29.7 Å². The average molecular weight is 310 g/mol. The first-order valence-electron chi connectivity index (χ1n) is 7.35. The molecule has 1 aromatic rings. The number of anilines is 1. The number of carbonyl (C=O) groups excluding carboxylic acids is 1. The second-order valence-corrected chi connectivity index (χ2v) is 6.77. The minimum atomic E-state index is -0.913. The fourth-order valence-electron chi connectivity index (χ4n) is 2.25. The smallest absolute Gasteiger partial charge is 0.321 e. The van der Waals surface area contributed by atoms with Gasteiger partial charge in [-0.15, -0.1) is 0 Å². The van der Waals surface area contributed by atoms with Crippen molar-refractivity contribution >= 4 is 22.5 Å². The highest BCUT2D eigenvalue weighted by atomic mass is 32.2. The van der Waals surface area contributed by atoms with Crippen molar-refractivity contribution in [2.45, 2.75) is 39.7 Å². The highest BCUT2D eigenvalue weighted by Crippen LogP contribution is 2.23. The van der Waals surface area contributed by atoms with Gasteiger partial charge in [-0.1, -0.05) is 32.0 Å². The Morgan fingerprint density at radius 2 is 1.81 bits per heavy atom. The van der Waals surface area contributed by atoms with Crippen LogP contribution >= 0.6 is 0 Å². The fourth-order valence-corrected chi connectivity index (χ4v) is 3.15. The Morgan fingerprint density at radius 1 is 1.29 bits per heavy atom. The topological polar surface area (TPSA) is 49.4 Å². The number of benzene rings is 1. The van der Waals surface area contributed by atoms with Gasteiger partial charge >= 0.3 is 6.03 Å². The highest BCUT2D eigenvalue weighted by Gasteiger charge is 2.18. The molecule has 0 aromatic heterocycles. The van der Waals surface area contributed by atoms with Crippen molar-refractivity contribution in [3.63, 3.8) is 0 Å². The van der Waals surface area contributed by atoms with Gasteiger partial charge in [0.05, 0.1) is 0 Å². The van der Waals surface area contributed by atoms with Crippen LogP contribution in [0.15, 0.2) is 18.2 Å². The van der Waals surface area contributed by atoms with Gasteiger partial charge < -0.3 is 10.2 Å². The molecule has 21 heavy (non-hydrogen) atoms. The van der Waals surface area contributed by atoms with E-state index in [1.165, 1.54) is 0 Å². The number of urea groups is 1. The van der Waals surface area contributed by atoms with Crippen LogP contribution in [0.1, 0.15) is 31.9 Å². The fraction of sp³-hybridized carbons (Fsp3) is 0.562. The minimum absolute atomic E-state index is 0.0605. The van der Waals surface area contributed by atoms with E-state index in [9.17, 15) is 9.00 Å². The molecule has 2 atom stereocenters. The molecule has 0 radical (unpaired) electrons. The molecule has 5 heteroatoms. The first-order valence-corrected chi connectivity index (χ1v) is 9.07. The van der Waals surface area contributed by atoms with Gasteiger partial charge in [0.15, 0.2) is 0 Å². The predicted molar refractivity (Wildman–Crippen MR) is 90.4 cm³/mol. The van der Waals surface area contributed by atoms with Gasteiger partial charge in [-0.3, -0.25) is 4.21 Å². The lowest BCUT2D eigenvalue weighted by atomic mass is 10.0. The van der Waals surface area contributed by atoms with Crippen LogP contribution < -0.4 is 5.32 Å². The second-order valence-electron chi connectivity index (χ2n) is 5.29. The normalized spacial score (nSPS) is 13.6. The average Bonchev–Trinajstić information content (AvgIpc) is 2.45. The van der Waals surface area contributed by atoms with Gasteiger partial charge in [-0.2, -0.15) is 0 Å². The molecule has 0 spiro atoms. The van der Waals surface area contributed by atoms with Crippen molar-refractivity contribution in [3.8, 4) is 0 Å². The van der Waals surface area contributed by atoms with Crippen LogP contribution in [0.5, 0.6) is 0 Å². The highest BCUT2D eigenvalue weighted by molar-refractivity contribution is 7.84. The van der Waals surface area contributed by atoms with Crippen LogP contribution in [-0.4, -0.2) is 40.2 Å². The summed E-state index contributed by atoms with van der Waals surface area (Å²) >= 11 is 0. The predicted octanol–water partition coefficient (Wildman–Crippen LogP) is 3.04. The van der Waals surface area contributed by atoms with E-state index in [1.807, 2.05) is 25.1 Å². The molecule has 0 aliphatic rings. The van der Waals surface area contributed by atoms with Crippen molar-refractivity contribution < 1.29 is 9.00 Å². The van der Waals surface area contributed by atoms with E-state index in [-0.39, 0.29) is 12.1 Å². The van der Waals surface area contributed by atoms with Gasteiger partial charge in [0.25, 0.3) is 0 Å². The molecule has 0 heterocycles. The molecular weight excluding hydrogens is 284 g/mol. The molecule has 0 saturated carbocycles. The zero-order valence-corrected chi connectivity index (χ0v) is 14.4. The van der Waals surface area contributed by atoms with E-state index in [2.05, 4.69) is 19.2 Å². The van der Waals surface area contributed by atoms with E-state index < -0.39 is 10.8 Å². The zero-order chi connectivity index (χ0) is 16.0. The summed E-state index contributed by atoms with van der Waals surface area (Å²) in [5.74, 6) is 0.486. The third-order valence-corrected chi connectivity index (χ3v) is 4.64. The molecule has 0 aliphatic heterocycles. The van der Waals surface area contributed by atoms with E-state index >= 15 is 0 Å². The Bertz CT molecular complexity index is 495. The summed E-state index contributed by atoms with van der Waals surface area (Å²) in [6, 6.07) is 5.90. The van der Waals surface area contributed by atoms with Gasteiger partial charge in [0.1, 0.15) is 0 Å². The summed E-state index contributed by atoms with van der Waals surface area (Å²) in [5.41, 5.74) is 3.20. The number of hydrogen-bond donors (Lipinski definition) is 1. The van der Waals surface area contributed by atoms with Gasteiger partial charge in [0, 0.05) is 41.6 Å². The maximum Gasteiger partial charge on any atom is 0.321 e. The Kier molecular flexibility index (Phi) is 6.89. The Hall–Kier alpha value is -1.36. The molecule has 1 rings (SSSR count). The largest absolute Gasteiger partial charge is 0.324 e. The molecule has 0 aliphatic carbocycles. The summed E-state index contributed by atoms with van der Waals surface area (Å²) in [5, 5.41) is 3.02. The molecule has 118 valence electrons. The summed E-state index contributed by atoms with van der Waals surface area (Å²) < 4.78 is 11.3. The van der Waals surface area contributed by atoms with E-state index in [0.29, 0.717) is 5.75 Å². The van der Waals surface area contributed by atoms with Crippen LogP contribution in [0.25, 0.3) is 0 Å². The molecule has 0 unspecified atom stereocenters. The SMILES string of the molecule is CCc1cccc(CC)c1NC(=O)N(C)[C@H](C)C[S@](C)=O. The maximum absolute atomic E-state index is 12.4. The lowest BCUT2D eigenvalue weighted by molar-refractivity contribution is 0.212. The second kappa shape index (κ2) is 8.17. The zero-order valence-electron chi connectivity index (χ0n) is 13.6. The van der Waals surface area contributed by atoms with Crippen molar-refractivity contribution in [1.29, 1.82) is 0 Å². The number of amides is 2. The van der Waals surface area contributed by atoms with E-state index in [1.54, 1.807) is 18.2 Å². The molecule has 1 aromatic carbocycles. The monoisotopic (exact) mass is 310 g/mol. The standard InChI is InChI=1S/C16H26N2O2S/c1-6-13-9-8-10-14(7-2)15(13)17-16(19)18(4)12(3)11-21(5)20/h8-10,12H,6-7,11H2,1-5H3,(H,17,19)/t12-,21+/m1/s1. The number of nitrogens with zero attached hydrogens (tertiary/aromatic N) is 1. The molecule has 1 N–H and O–H groups in total. The van der Waals surface area contributed by atoms with Crippen LogP contribution in [-0.2, 0) is 23.6 Å². The summed E-state index contributed by atoms with van der Waals surface area (Å²) in [7, 11) is 0.830. The number of hydrogen-bond acceptors (Lipinski definition) is 2. The summed E-state index contributed by atoms with van der Waals surface area (Å²) in [6.45, 7) is 6.07. The maximum atomic E-state index is 12.4. The van der Waals surface area contributed by atoms with Crippen molar-refractivity contribution in [2.75, 3.05) is 24.4 Å². The number of para-hydroxylation sites is 1. The first-order chi connectivity index (χ1) is 9.90. The summed E-state index contributed by atoms with van der Waals surface area (Å²) in [6.07, 6.45) is 3.41. The molecule has 2 amide bonds. The third-order valence-electron chi connectivity index (χ3n) is 3.69. The lowest BCUT2D eigenvalue weighted by Crippen LogP contribution is -2.41. The van der Waals surface area contributed by atoms with Gasteiger partial charge in [-0.25, -0.2) is 4.79 Å². The number of rotatable bonds is 6. The molecule has 0 saturated heterocycles. The molecule has 0 bridgehead atoms. The molecule has 0 fully saturated rings. The van der Waals surface area contributed by atoms with E-state index in [4.69, 9.17) is 0 Å². The Morgan fingerprint density at radius 3 is 2.24 bits per heavy atom. The van der Waals surface area contributed by atoms with Crippen molar-refractivity contribution in [2.24, 2.45) is 0 Å². The third kappa shape index (κ3) is 4.84. The van der Waals surface area contributed by atoms with Gasteiger partial charge in [0.2, 0.25) is 0 Å². The number of aryl methyl sites for hydroxylation is 2. The van der Waals surface area contributed by atoms with Gasteiger partial charge in [-0.05, 0) is 30.9 Å². The van der Waals surface area contributed by atoms with Crippen LogP contribution in [0.4, 0.5) is 10.5 Å². The Balaban J connectivity index is 2.90. The van der Waals surface area contributed by atoms with Crippen LogP contribution in [0.3, 0.4) is 0 Å². The van der Waals surface area contributed by atoms with Crippen molar-refractivity contribution in [1.82, 2.24) is 4.90 Å². The quantitative estimate of drug-likeness (QED) is 0.878.